The summed E-state index contributed by atoms with van der Waals surface area (Å²) in [6.07, 6.45) is 0. The van der Waals surface area contributed by atoms with Crippen molar-refractivity contribution < 1.29 is 4.74 Å². The number of hydrogen-bond acceptors (Lipinski definition) is 2. The van der Waals surface area contributed by atoms with E-state index in [1.54, 1.807) is 12.1 Å². The van der Waals surface area contributed by atoms with E-state index in [2.05, 4.69) is 15.9 Å². The highest BCUT2D eigenvalue weighted by Crippen LogP contribution is 2.32. The Morgan fingerprint density at radius 2 is 2.31 bits per heavy atom. The van der Waals surface area contributed by atoms with Gasteiger partial charge in [0.1, 0.15) is 11.8 Å². The number of nitrogens with zero attached hydrogens (tertiary/aromatic N) is 1. The Morgan fingerprint density at radius 3 is 2.85 bits per heavy atom. The molecule has 0 spiro atoms. The molecule has 0 bridgehead atoms. The molecule has 0 aromatic heterocycles. The lowest BCUT2D eigenvalue weighted by molar-refractivity contribution is 0.338. The summed E-state index contributed by atoms with van der Waals surface area (Å²) in [6.45, 7) is 2.44. The number of rotatable bonds is 2. The summed E-state index contributed by atoms with van der Waals surface area (Å²) in [5.41, 5.74) is 0.410. The van der Waals surface area contributed by atoms with E-state index in [0.717, 1.165) is 0 Å². The van der Waals surface area contributed by atoms with Crippen LogP contribution in [0, 0.1) is 11.3 Å². The first-order valence-corrected chi connectivity index (χ1v) is 4.88. The van der Waals surface area contributed by atoms with E-state index in [1.807, 2.05) is 13.0 Å². The van der Waals surface area contributed by atoms with Gasteiger partial charge in [0, 0.05) is 0 Å². The third-order valence-electron chi connectivity index (χ3n) is 1.47. The molecule has 1 aromatic rings. The molecule has 0 saturated carbocycles. The number of benzene rings is 1. The van der Waals surface area contributed by atoms with Crippen LogP contribution in [0.4, 0.5) is 0 Å². The molecule has 1 aromatic carbocycles. The van der Waals surface area contributed by atoms with Gasteiger partial charge in [0.05, 0.1) is 21.7 Å². The molecule has 0 aliphatic rings. The summed E-state index contributed by atoms with van der Waals surface area (Å²) < 4.78 is 5.89. The Morgan fingerprint density at radius 1 is 1.62 bits per heavy atom. The molecule has 0 unspecified atom stereocenters. The van der Waals surface area contributed by atoms with Gasteiger partial charge in [0.25, 0.3) is 0 Å². The van der Waals surface area contributed by atoms with Gasteiger partial charge in [-0.3, -0.25) is 0 Å². The summed E-state index contributed by atoms with van der Waals surface area (Å²) in [5.74, 6) is 0.642. The summed E-state index contributed by atoms with van der Waals surface area (Å²) in [7, 11) is 0. The van der Waals surface area contributed by atoms with Crippen molar-refractivity contribution in [2.24, 2.45) is 0 Å². The molecule has 0 radical (unpaired) electrons. The lowest BCUT2D eigenvalue weighted by Gasteiger charge is -2.07. The van der Waals surface area contributed by atoms with Crippen LogP contribution >= 0.6 is 27.5 Å². The van der Waals surface area contributed by atoms with E-state index in [4.69, 9.17) is 21.6 Å². The fourth-order valence-electron chi connectivity index (χ4n) is 0.903. The Labute approximate surface area is 90.2 Å². The fraction of sp³-hybridized carbons (Fsp3) is 0.222. The minimum absolute atomic E-state index is 0.410. The van der Waals surface area contributed by atoms with Gasteiger partial charge in [-0.25, -0.2) is 0 Å². The lowest BCUT2D eigenvalue weighted by Crippen LogP contribution is -1.93. The molecule has 2 nitrogen and oxygen atoms in total. The predicted molar refractivity (Wildman–Crippen MR) is 55.0 cm³/mol. The van der Waals surface area contributed by atoms with Crippen molar-refractivity contribution in [3.8, 4) is 11.8 Å². The van der Waals surface area contributed by atoms with Crippen LogP contribution in [0.3, 0.4) is 0 Å². The Kier molecular flexibility index (Phi) is 3.58. The third kappa shape index (κ3) is 2.15. The fourth-order valence-corrected chi connectivity index (χ4v) is 1.77. The van der Waals surface area contributed by atoms with Crippen molar-refractivity contribution in [3.63, 3.8) is 0 Å². The van der Waals surface area contributed by atoms with Gasteiger partial charge in [-0.1, -0.05) is 11.6 Å². The summed E-state index contributed by atoms with van der Waals surface area (Å²) >= 11 is 9.06. The van der Waals surface area contributed by atoms with Crippen LogP contribution in [0.5, 0.6) is 5.75 Å². The molecule has 0 amide bonds. The second-order valence-electron chi connectivity index (χ2n) is 2.28. The molecule has 0 saturated heterocycles. The SMILES string of the molecule is CCOc1ccc(Cl)c(C#N)c1Br. The van der Waals surface area contributed by atoms with Gasteiger partial charge in [0.2, 0.25) is 0 Å². The van der Waals surface area contributed by atoms with Crippen molar-refractivity contribution in [2.45, 2.75) is 6.92 Å². The van der Waals surface area contributed by atoms with E-state index in [0.29, 0.717) is 27.4 Å². The van der Waals surface area contributed by atoms with Gasteiger partial charge in [-0.15, -0.1) is 0 Å². The zero-order valence-corrected chi connectivity index (χ0v) is 9.32. The normalized spacial score (nSPS) is 9.38. The van der Waals surface area contributed by atoms with Crippen molar-refractivity contribution in [2.75, 3.05) is 6.61 Å². The Balaban J connectivity index is 3.21. The minimum atomic E-state index is 0.410. The molecule has 0 N–H and O–H groups in total. The standard InChI is InChI=1S/C9H7BrClNO/c1-2-13-8-4-3-7(11)6(5-12)9(8)10/h3-4H,2H2,1H3. The molecule has 4 heteroatoms. The van der Waals surface area contributed by atoms with Crippen molar-refractivity contribution in [1.29, 1.82) is 5.26 Å². The molecular weight excluding hydrogens is 253 g/mol. The molecule has 0 heterocycles. The molecule has 0 aliphatic heterocycles. The molecule has 68 valence electrons. The largest absolute Gasteiger partial charge is 0.493 e. The van der Waals surface area contributed by atoms with Gasteiger partial charge in [0.15, 0.2) is 0 Å². The van der Waals surface area contributed by atoms with Crippen LogP contribution in [0.1, 0.15) is 12.5 Å². The average Bonchev–Trinajstić information content (AvgIpc) is 2.11. The molecule has 0 atom stereocenters. The van der Waals surface area contributed by atoms with Crippen LogP contribution in [0.15, 0.2) is 16.6 Å². The Bertz CT molecular complexity index is 359. The molecule has 0 aliphatic carbocycles. The molecular formula is C9H7BrClNO. The topological polar surface area (TPSA) is 33.0 Å². The molecule has 1 rings (SSSR count). The van der Waals surface area contributed by atoms with Gasteiger partial charge in [-0.05, 0) is 35.0 Å². The highest BCUT2D eigenvalue weighted by molar-refractivity contribution is 9.10. The maximum Gasteiger partial charge on any atom is 0.134 e. The van der Waals surface area contributed by atoms with Crippen LogP contribution in [0.2, 0.25) is 5.02 Å². The van der Waals surface area contributed by atoms with Crippen molar-refractivity contribution in [3.05, 3.63) is 27.2 Å². The second kappa shape index (κ2) is 4.50. The summed E-state index contributed by atoms with van der Waals surface area (Å²) in [5, 5.41) is 9.20. The van der Waals surface area contributed by atoms with E-state index in [1.165, 1.54) is 0 Å². The van der Waals surface area contributed by atoms with E-state index >= 15 is 0 Å². The quantitative estimate of drug-likeness (QED) is 0.817. The number of hydrogen-bond donors (Lipinski definition) is 0. The first-order chi connectivity index (χ1) is 6.20. The highest BCUT2D eigenvalue weighted by atomic mass is 79.9. The first kappa shape index (κ1) is 10.4. The number of halogens is 2. The van der Waals surface area contributed by atoms with Crippen LogP contribution in [-0.4, -0.2) is 6.61 Å². The van der Waals surface area contributed by atoms with Gasteiger partial charge < -0.3 is 4.74 Å². The zero-order chi connectivity index (χ0) is 9.84. The zero-order valence-electron chi connectivity index (χ0n) is 6.97. The maximum absolute atomic E-state index is 8.77. The van der Waals surface area contributed by atoms with E-state index in [-0.39, 0.29) is 0 Å². The van der Waals surface area contributed by atoms with Crippen LogP contribution < -0.4 is 4.74 Å². The second-order valence-corrected chi connectivity index (χ2v) is 3.48. The monoisotopic (exact) mass is 259 g/mol. The minimum Gasteiger partial charge on any atom is -0.493 e. The van der Waals surface area contributed by atoms with E-state index in [9.17, 15) is 0 Å². The predicted octanol–water partition coefficient (Wildman–Crippen LogP) is 3.37. The molecule has 0 fully saturated rings. The maximum atomic E-state index is 8.77. The average molecular weight is 261 g/mol. The highest BCUT2D eigenvalue weighted by Gasteiger charge is 2.09. The number of ether oxygens (including phenoxy) is 1. The van der Waals surface area contributed by atoms with Gasteiger partial charge in [-0.2, -0.15) is 5.26 Å². The summed E-state index contributed by atoms with van der Waals surface area (Å²) in [4.78, 5) is 0. The smallest absolute Gasteiger partial charge is 0.134 e. The Hall–Kier alpha value is -0.720. The third-order valence-corrected chi connectivity index (χ3v) is 2.57. The summed E-state index contributed by atoms with van der Waals surface area (Å²) in [6, 6.07) is 5.39. The van der Waals surface area contributed by atoms with E-state index < -0.39 is 0 Å². The lowest BCUT2D eigenvalue weighted by atomic mass is 10.2. The number of nitriles is 1. The van der Waals surface area contributed by atoms with Crippen LogP contribution in [-0.2, 0) is 0 Å². The first-order valence-electron chi connectivity index (χ1n) is 3.71. The van der Waals surface area contributed by atoms with Crippen molar-refractivity contribution >= 4 is 27.5 Å². The van der Waals surface area contributed by atoms with Crippen LogP contribution in [0.25, 0.3) is 0 Å². The molecule has 13 heavy (non-hydrogen) atoms. The van der Waals surface area contributed by atoms with Crippen molar-refractivity contribution in [1.82, 2.24) is 0 Å². The van der Waals surface area contributed by atoms with Gasteiger partial charge >= 0.3 is 0 Å².